The molecule has 4 rings (SSSR count). The molecule has 2 amide bonds. The number of pyridine rings is 1. The number of rotatable bonds is 9. The molecule has 1 aliphatic carbocycles. The van der Waals surface area contributed by atoms with Gasteiger partial charge in [0.05, 0.1) is 11.9 Å². The summed E-state index contributed by atoms with van der Waals surface area (Å²) in [7, 11) is 0. The molecular formula is C27H27N3O5. The van der Waals surface area contributed by atoms with Crippen LogP contribution in [0.4, 0.5) is 10.5 Å². The van der Waals surface area contributed by atoms with Gasteiger partial charge in [0.25, 0.3) is 5.91 Å². The van der Waals surface area contributed by atoms with E-state index in [1.54, 1.807) is 11.0 Å². The molecule has 2 aromatic carbocycles. The van der Waals surface area contributed by atoms with Crippen molar-refractivity contribution in [2.45, 2.75) is 25.7 Å². The van der Waals surface area contributed by atoms with Crippen LogP contribution in [0, 0.1) is 0 Å². The predicted octanol–water partition coefficient (Wildman–Crippen LogP) is 4.77. The van der Waals surface area contributed by atoms with E-state index < -0.39 is 12.1 Å². The van der Waals surface area contributed by atoms with Gasteiger partial charge in [-0.2, -0.15) is 0 Å². The van der Waals surface area contributed by atoms with Crippen LogP contribution in [0.2, 0.25) is 0 Å². The third-order valence-electron chi connectivity index (χ3n) is 6.06. The fourth-order valence-corrected chi connectivity index (χ4v) is 4.33. The number of hydrogen-bond donors (Lipinski definition) is 2. The molecule has 0 spiro atoms. The average Bonchev–Trinajstić information content (AvgIpc) is 3.19. The van der Waals surface area contributed by atoms with Gasteiger partial charge in [-0.1, -0.05) is 48.5 Å². The zero-order valence-electron chi connectivity index (χ0n) is 19.4. The van der Waals surface area contributed by atoms with Crippen LogP contribution in [0.5, 0.6) is 0 Å². The van der Waals surface area contributed by atoms with Gasteiger partial charge in [0.15, 0.2) is 0 Å². The molecule has 1 aromatic heterocycles. The molecule has 0 atom stereocenters. The normalized spacial score (nSPS) is 11.9. The Morgan fingerprint density at radius 1 is 1.00 bits per heavy atom. The number of carbonyl (C=O) groups excluding carboxylic acids is 2. The highest BCUT2D eigenvalue weighted by molar-refractivity contribution is 5.93. The van der Waals surface area contributed by atoms with Gasteiger partial charge in [0.1, 0.15) is 12.3 Å². The summed E-state index contributed by atoms with van der Waals surface area (Å²) in [6.45, 7) is 2.81. The Balaban J connectivity index is 1.34. The first-order valence-electron chi connectivity index (χ1n) is 11.6. The van der Waals surface area contributed by atoms with Crippen molar-refractivity contribution in [1.82, 2.24) is 9.88 Å². The minimum Gasteiger partial charge on any atom is -0.481 e. The van der Waals surface area contributed by atoms with E-state index in [9.17, 15) is 14.4 Å². The topological polar surface area (TPSA) is 109 Å². The minimum atomic E-state index is -0.893. The van der Waals surface area contributed by atoms with Crippen molar-refractivity contribution in [1.29, 1.82) is 0 Å². The number of benzene rings is 2. The van der Waals surface area contributed by atoms with Crippen LogP contribution in [-0.4, -0.2) is 52.7 Å². The average molecular weight is 474 g/mol. The van der Waals surface area contributed by atoms with Crippen molar-refractivity contribution in [2.24, 2.45) is 0 Å². The minimum absolute atomic E-state index is 0.000203. The molecule has 1 heterocycles. The highest BCUT2D eigenvalue weighted by Gasteiger charge is 2.29. The number of nitrogens with one attached hydrogen (secondary N) is 1. The van der Waals surface area contributed by atoms with Crippen LogP contribution in [0.15, 0.2) is 66.9 Å². The Bertz CT molecular complexity index is 1180. The first-order valence-corrected chi connectivity index (χ1v) is 11.6. The molecule has 8 nitrogen and oxygen atoms in total. The molecule has 0 fully saturated rings. The van der Waals surface area contributed by atoms with Crippen molar-refractivity contribution < 1.29 is 24.2 Å². The largest absolute Gasteiger partial charge is 0.481 e. The van der Waals surface area contributed by atoms with Crippen LogP contribution < -0.4 is 5.32 Å². The molecule has 0 radical (unpaired) electrons. The summed E-state index contributed by atoms with van der Waals surface area (Å²) >= 11 is 0. The lowest BCUT2D eigenvalue weighted by Crippen LogP contribution is -2.32. The smallest absolute Gasteiger partial charge is 0.411 e. The number of fused-ring (bicyclic) bond motifs is 3. The van der Waals surface area contributed by atoms with E-state index in [4.69, 9.17) is 9.84 Å². The summed E-state index contributed by atoms with van der Waals surface area (Å²) in [5, 5.41) is 11.4. The Labute approximate surface area is 203 Å². The molecular weight excluding hydrogens is 446 g/mol. The van der Waals surface area contributed by atoms with Crippen LogP contribution >= 0.6 is 0 Å². The molecule has 8 heteroatoms. The summed E-state index contributed by atoms with van der Waals surface area (Å²) in [6, 6.07) is 19.4. The Morgan fingerprint density at radius 3 is 2.23 bits per heavy atom. The van der Waals surface area contributed by atoms with Crippen molar-refractivity contribution in [3.05, 3.63) is 83.7 Å². The molecule has 0 saturated carbocycles. The maximum absolute atomic E-state index is 12.6. The number of carboxylic acids is 1. The molecule has 0 bridgehead atoms. The summed E-state index contributed by atoms with van der Waals surface area (Å²) in [5.41, 5.74) is 5.22. The maximum atomic E-state index is 12.6. The Kier molecular flexibility index (Phi) is 7.40. The van der Waals surface area contributed by atoms with Crippen molar-refractivity contribution >= 4 is 23.7 Å². The number of amides is 2. The summed E-state index contributed by atoms with van der Waals surface area (Å²) in [4.78, 5) is 41.5. The molecule has 35 heavy (non-hydrogen) atoms. The molecule has 180 valence electrons. The van der Waals surface area contributed by atoms with Crippen LogP contribution in [0.3, 0.4) is 0 Å². The second-order valence-electron chi connectivity index (χ2n) is 8.26. The van der Waals surface area contributed by atoms with Crippen LogP contribution in [0.1, 0.15) is 47.3 Å². The molecule has 0 unspecified atom stereocenters. The molecule has 0 aliphatic heterocycles. The number of nitrogens with zero attached hydrogens (tertiary/aromatic N) is 2. The lowest BCUT2D eigenvalue weighted by molar-refractivity contribution is -0.137. The number of carboxylic acid groups (broad SMARTS) is 1. The number of ether oxygens (including phenoxy) is 1. The van der Waals surface area contributed by atoms with Gasteiger partial charge in [0, 0.05) is 25.4 Å². The van der Waals surface area contributed by atoms with E-state index in [1.165, 1.54) is 12.3 Å². The lowest BCUT2D eigenvalue weighted by Gasteiger charge is -2.20. The van der Waals surface area contributed by atoms with Crippen molar-refractivity contribution in [3.8, 4) is 11.1 Å². The molecule has 1 aliphatic rings. The highest BCUT2D eigenvalue weighted by Crippen LogP contribution is 2.44. The number of anilines is 1. The van der Waals surface area contributed by atoms with Gasteiger partial charge < -0.3 is 14.7 Å². The third kappa shape index (κ3) is 5.48. The van der Waals surface area contributed by atoms with E-state index in [-0.39, 0.29) is 30.5 Å². The Hall–Kier alpha value is -4.20. The SMILES string of the molecule is CCN(CCCC(=O)O)C(=O)c1ccc(NC(=O)OCC2c3ccccc3-c3ccccc32)cn1. The second kappa shape index (κ2) is 10.8. The maximum Gasteiger partial charge on any atom is 0.411 e. The fraction of sp³-hybridized carbons (Fsp3) is 0.259. The van der Waals surface area contributed by atoms with Gasteiger partial charge in [-0.05, 0) is 47.7 Å². The van der Waals surface area contributed by atoms with Crippen molar-refractivity contribution in [3.63, 3.8) is 0 Å². The van der Waals surface area contributed by atoms with Gasteiger partial charge >= 0.3 is 12.1 Å². The fourth-order valence-electron chi connectivity index (χ4n) is 4.33. The van der Waals surface area contributed by atoms with E-state index in [2.05, 4.69) is 34.6 Å². The summed E-state index contributed by atoms with van der Waals surface area (Å²) in [5.74, 6) is -1.21. The second-order valence-corrected chi connectivity index (χ2v) is 8.26. The first-order chi connectivity index (χ1) is 17.0. The van der Waals surface area contributed by atoms with Crippen LogP contribution in [-0.2, 0) is 9.53 Å². The monoisotopic (exact) mass is 473 g/mol. The lowest BCUT2D eigenvalue weighted by atomic mass is 9.98. The van der Waals surface area contributed by atoms with Gasteiger partial charge in [0.2, 0.25) is 0 Å². The zero-order valence-corrected chi connectivity index (χ0v) is 19.4. The summed E-state index contributed by atoms with van der Waals surface area (Å²) < 4.78 is 5.54. The summed E-state index contributed by atoms with van der Waals surface area (Å²) in [6.07, 6.45) is 1.17. The standard InChI is InChI=1S/C27H27N3O5/c1-2-30(15-7-12-25(31)32)26(33)24-14-13-18(16-28-24)29-27(34)35-17-23-21-10-5-3-8-19(21)20-9-4-6-11-22(20)23/h3-6,8-11,13-14,16,23H,2,7,12,15,17H2,1H3,(H,29,34)(H,31,32). The predicted molar refractivity (Wildman–Crippen MR) is 131 cm³/mol. The third-order valence-corrected chi connectivity index (χ3v) is 6.06. The first kappa shape index (κ1) is 23.9. The molecule has 0 saturated heterocycles. The Morgan fingerprint density at radius 2 is 1.66 bits per heavy atom. The van der Waals surface area contributed by atoms with Crippen LogP contribution in [0.25, 0.3) is 11.1 Å². The van der Waals surface area contributed by atoms with Gasteiger partial charge in [-0.25, -0.2) is 9.78 Å². The van der Waals surface area contributed by atoms with Gasteiger partial charge in [-0.15, -0.1) is 0 Å². The zero-order chi connectivity index (χ0) is 24.8. The van der Waals surface area contributed by atoms with E-state index in [1.807, 2.05) is 31.2 Å². The number of hydrogen-bond acceptors (Lipinski definition) is 5. The number of aliphatic carboxylic acids is 1. The number of aromatic nitrogens is 1. The van der Waals surface area contributed by atoms with E-state index >= 15 is 0 Å². The molecule has 3 aromatic rings. The molecule has 2 N–H and O–H groups in total. The van der Waals surface area contributed by atoms with Gasteiger partial charge in [-0.3, -0.25) is 14.9 Å². The van der Waals surface area contributed by atoms with E-state index in [0.29, 0.717) is 25.2 Å². The number of carbonyl (C=O) groups is 3. The quantitative estimate of drug-likeness (QED) is 0.463. The van der Waals surface area contributed by atoms with Crippen molar-refractivity contribution in [2.75, 3.05) is 25.0 Å². The van der Waals surface area contributed by atoms with E-state index in [0.717, 1.165) is 22.3 Å². The highest BCUT2D eigenvalue weighted by atomic mass is 16.5.